The predicted molar refractivity (Wildman–Crippen MR) is 110 cm³/mol. The first kappa shape index (κ1) is 21.5. The Kier molecular flexibility index (Phi) is 5.36. The van der Waals surface area contributed by atoms with Crippen molar-refractivity contribution in [2.45, 2.75) is 61.9 Å². The van der Waals surface area contributed by atoms with Crippen molar-refractivity contribution in [3.05, 3.63) is 51.5 Å². The Morgan fingerprint density at radius 2 is 1.94 bits per heavy atom. The van der Waals surface area contributed by atoms with Crippen LogP contribution in [0.2, 0.25) is 0 Å². The van der Waals surface area contributed by atoms with E-state index in [2.05, 4.69) is 10.3 Å². The Morgan fingerprint density at radius 3 is 2.61 bits per heavy atom. The molecule has 0 bridgehead atoms. The lowest BCUT2D eigenvalue weighted by Gasteiger charge is -2.35. The molecule has 166 valence electrons. The van der Waals surface area contributed by atoms with Crippen LogP contribution in [0.5, 0.6) is 5.75 Å². The maximum Gasteiger partial charge on any atom is 0.296 e. The lowest BCUT2D eigenvalue weighted by atomic mass is 9.78. The van der Waals surface area contributed by atoms with Crippen molar-refractivity contribution in [2.75, 3.05) is 6.26 Å². The minimum atomic E-state index is -3.72. The lowest BCUT2D eigenvalue weighted by molar-refractivity contribution is 0.0940. The van der Waals surface area contributed by atoms with Crippen molar-refractivity contribution >= 4 is 15.7 Å². The van der Waals surface area contributed by atoms with Crippen molar-refractivity contribution in [1.82, 2.24) is 14.9 Å². The van der Waals surface area contributed by atoms with Gasteiger partial charge in [-0.3, -0.25) is 14.2 Å². The number of aromatic hydroxyl groups is 1. The first-order valence-corrected chi connectivity index (χ1v) is 12.1. The van der Waals surface area contributed by atoms with Gasteiger partial charge in [-0.2, -0.15) is 0 Å². The average Bonchev–Trinajstić information content (AvgIpc) is 3.18. The van der Waals surface area contributed by atoms with Crippen LogP contribution in [0.1, 0.15) is 60.4 Å². The molecule has 8 nitrogen and oxygen atoms in total. The third-order valence-electron chi connectivity index (χ3n) is 6.30. The van der Waals surface area contributed by atoms with Gasteiger partial charge in [0.05, 0.1) is 4.90 Å². The Labute approximate surface area is 179 Å². The summed E-state index contributed by atoms with van der Waals surface area (Å²) in [6.07, 6.45) is 6.48. The number of aromatic nitrogens is 2. The Hall–Kier alpha value is -2.75. The number of amides is 1. The summed E-state index contributed by atoms with van der Waals surface area (Å²) in [6.45, 7) is 0.220. The molecule has 1 aromatic carbocycles. The molecule has 1 saturated carbocycles. The van der Waals surface area contributed by atoms with Crippen LogP contribution < -0.4 is 10.9 Å². The van der Waals surface area contributed by atoms with E-state index in [1.165, 1.54) is 10.6 Å². The summed E-state index contributed by atoms with van der Waals surface area (Å²) in [5.41, 5.74) is -1.06. The highest BCUT2D eigenvalue weighted by Gasteiger charge is 2.42. The topological polar surface area (TPSA) is 118 Å². The molecule has 1 aromatic heterocycles. The van der Waals surface area contributed by atoms with Crippen molar-refractivity contribution in [2.24, 2.45) is 0 Å². The van der Waals surface area contributed by atoms with Crippen molar-refractivity contribution < 1.29 is 22.7 Å². The van der Waals surface area contributed by atoms with Crippen LogP contribution in [0, 0.1) is 5.82 Å². The van der Waals surface area contributed by atoms with Crippen LogP contribution in [-0.4, -0.2) is 35.2 Å². The van der Waals surface area contributed by atoms with Crippen molar-refractivity contribution in [3.63, 3.8) is 0 Å². The smallest absolute Gasteiger partial charge is 0.296 e. The molecule has 2 aliphatic rings. The minimum absolute atomic E-state index is 0.193. The maximum absolute atomic E-state index is 13.5. The highest BCUT2D eigenvalue weighted by molar-refractivity contribution is 7.90. The van der Waals surface area contributed by atoms with Gasteiger partial charge in [-0.25, -0.2) is 17.8 Å². The van der Waals surface area contributed by atoms with Crippen LogP contribution in [0.4, 0.5) is 4.39 Å². The fraction of sp³-hybridized carbons (Fsp3) is 0.476. The molecule has 1 aliphatic heterocycles. The summed E-state index contributed by atoms with van der Waals surface area (Å²) in [7, 11) is -3.72. The highest BCUT2D eigenvalue weighted by Crippen LogP contribution is 2.45. The number of benzene rings is 1. The van der Waals surface area contributed by atoms with Gasteiger partial charge in [0.15, 0.2) is 15.5 Å². The number of rotatable bonds is 4. The molecule has 0 radical (unpaired) electrons. The van der Waals surface area contributed by atoms with Gasteiger partial charge in [-0.1, -0.05) is 18.9 Å². The zero-order valence-corrected chi connectivity index (χ0v) is 18.0. The second kappa shape index (κ2) is 7.74. The first-order chi connectivity index (χ1) is 14.6. The molecule has 2 heterocycles. The summed E-state index contributed by atoms with van der Waals surface area (Å²) in [4.78, 5) is 29.7. The standard InChI is InChI=1S/C21H24FN3O5S/c1-31(29,30)15-11-14(22)6-5-13(15)12-23-18(27)16-17(26)19(28)25-10-4-9-21(20(25)24-16)7-2-3-8-21/h5-6,11,26H,2-4,7-10,12H2,1H3,(H,23,27). The van der Waals surface area contributed by atoms with Gasteiger partial charge in [0.2, 0.25) is 5.75 Å². The number of carbonyl (C=O) groups is 1. The van der Waals surface area contributed by atoms with Gasteiger partial charge >= 0.3 is 0 Å². The Bertz CT molecular complexity index is 1220. The number of sulfone groups is 1. The molecule has 1 fully saturated rings. The number of hydrogen-bond acceptors (Lipinski definition) is 6. The zero-order chi connectivity index (χ0) is 22.4. The fourth-order valence-corrected chi connectivity index (χ4v) is 5.75. The SMILES string of the molecule is CS(=O)(=O)c1cc(F)ccc1CNC(=O)c1nc2n(c(=O)c1O)CCCC21CCCC1. The van der Waals surface area contributed by atoms with Crippen molar-refractivity contribution in [1.29, 1.82) is 0 Å². The van der Waals surface area contributed by atoms with Gasteiger partial charge in [-0.15, -0.1) is 0 Å². The summed E-state index contributed by atoms with van der Waals surface area (Å²) in [5, 5.41) is 12.9. The maximum atomic E-state index is 13.5. The minimum Gasteiger partial charge on any atom is -0.501 e. The van der Waals surface area contributed by atoms with E-state index in [-0.39, 0.29) is 28.1 Å². The number of halogens is 1. The van der Waals surface area contributed by atoms with Crippen LogP contribution in [0.25, 0.3) is 0 Å². The molecule has 4 rings (SSSR count). The number of fused-ring (bicyclic) bond motifs is 2. The molecule has 2 aromatic rings. The second-order valence-corrected chi connectivity index (χ2v) is 10.4. The molecule has 1 aliphatic carbocycles. The van der Waals surface area contributed by atoms with E-state index in [0.29, 0.717) is 12.4 Å². The van der Waals surface area contributed by atoms with E-state index in [9.17, 15) is 27.5 Å². The predicted octanol–water partition coefficient (Wildman–Crippen LogP) is 2.03. The van der Waals surface area contributed by atoms with Crippen LogP contribution in [-0.2, 0) is 28.3 Å². The molecule has 0 saturated heterocycles. The third kappa shape index (κ3) is 3.84. The quantitative estimate of drug-likeness (QED) is 0.737. The largest absolute Gasteiger partial charge is 0.501 e. The fourth-order valence-electron chi connectivity index (χ4n) is 4.81. The number of carbonyl (C=O) groups excluding carboxylic acids is 1. The number of hydrogen-bond donors (Lipinski definition) is 2. The molecule has 31 heavy (non-hydrogen) atoms. The summed E-state index contributed by atoms with van der Waals surface area (Å²) < 4.78 is 38.9. The van der Waals surface area contributed by atoms with E-state index in [1.807, 2.05) is 0 Å². The van der Waals surface area contributed by atoms with Crippen LogP contribution >= 0.6 is 0 Å². The molecule has 1 amide bonds. The van der Waals surface area contributed by atoms with Crippen LogP contribution in [0.15, 0.2) is 27.9 Å². The molecular weight excluding hydrogens is 425 g/mol. The van der Waals surface area contributed by atoms with Gasteiger partial charge in [0.1, 0.15) is 11.6 Å². The molecule has 0 unspecified atom stereocenters. The van der Waals surface area contributed by atoms with Gasteiger partial charge in [-0.05, 0) is 43.4 Å². The molecule has 0 atom stereocenters. The Morgan fingerprint density at radius 1 is 1.26 bits per heavy atom. The first-order valence-electron chi connectivity index (χ1n) is 10.2. The average molecular weight is 450 g/mol. The van der Waals surface area contributed by atoms with E-state index in [1.54, 1.807) is 0 Å². The zero-order valence-electron chi connectivity index (χ0n) is 17.1. The Balaban J connectivity index is 1.67. The molecular formula is C21H24FN3O5S. The van der Waals surface area contributed by atoms with Gasteiger partial charge in [0, 0.05) is 24.8 Å². The number of nitrogens with zero attached hydrogens (tertiary/aromatic N) is 2. The molecule has 1 spiro atoms. The summed E-state index contributed by atoms with van der Waals surface area (Å²) in [6, 6.07) is 3.26. The molecule has 2 N–H and O–H groups in total. The van der Waals surface area contributed by atoms with E-state index < -0.39 is 32.9 Å². The number of nitrogens with one attached hydrogen (secondary N) is 1. The lowest BCUT2D eigenvalue weighted by Crippen LogP contribution is -2.41. The third-order valence-corrected chi connectivity index (χ3v) is 7.48. The highest BCUT2D eigenvalue weighted by atomic mass is 32.2. The van der Waals surface area contributed by atoms with E-state index in [0.717, 1.165) is 56.9 Å². The van der Waals surface area contributed by atoms with Gasteiger partial charge in [0.25, 0.3) is 11.5 Å². The second-order valence-electron chi connectivity index (χ2n) is 8.39. The van der Waals surface area contributed by atoms with Crippen molar-refractivity contribution in [3.8, 4) is 5.75 Å². The summed E-state index contributed by atoms with van der Waals surface area (Å²) >= 11 is 0. The summed E-state index contributed by atoms with van der Waals surface area (Å²) in [5.74, 6) is -1.68. The van der Waals surface area contributed by atoms with E-state index in [4.69, 9.17) is 0 Å². The van der Waals surface area contributed by atoms with Gasteiger partial charge < -0.3 is 10.4 Å². The normalized spacial score (nSPS) is 17.5. The van der Waals surface area contributed by atoms with Crippen LogP contribution in [0.3, 0.4) is 0 Å². The molecule has 10 heteroatoms. The monoisotopic (exact) mass is 449 g/mol. The van der Waals surface area contributed by atoms with E-state index >= 15 is 0 Å².